The molecule has 1 unspecified atom stereocenters. The van der Waals surface area contributed by atoms with Crippen LogP contribution in [-0.4, -0.2) is 7.11 Å². The molecular formula is C15H22ClNO. The fourth-order valence-electron chi connectivity index (χ4n) is 2.94. The Morgan fingerprint density at radius 3 is 2.56 bits per heavy atom. The van der Waals surface area contributed by atoms with Gasteiger partial charge in [-0.2, -0.15) is 0 Å². The second-order valence-electron chi connectivity index (χ2n) is 5.59. The smallest absolute Gasteiger partial charge is 0.137 e. The summed E-state index contributed by atoms with van der Waals surface area (Å²) in [5, 5.41) is 0.641. The fourth-order valence-corrected chi connectivity index (χ4v) is 3.14. The fraction of sp³-hybridized carbons (Fsp3) is 0.600. The van der Waals surface area contributed by atoms with Crippen molar-refractivity contribution in [2.45, 2.75) is 45.1 Å². The lowest BCUT2D eigenvalue weighted by Gasteiger charge is -2.39. The van der Waals surface area contributed by atoms with Crippen LogP contribution in [0, 0.1) is 5.41 Å². The highest BCUT2D eigenvalue weighted by Crippen LogP contribution is 2.45. The largest absolute Gasteiger partial charge is 0.495 e. The van der Waals surface area contributed by atoms with Crippen molar-refractivity contribution in [1.82, 2.24) is 0 Å². The first-order valence-corrected chi connectivity index (χ1v) is 7.04. The highest BCUT2D eigenvalue weighted by Gasteiger charge is 2.34. The molecule has 2 nitrogen and oxygen atoms in total. The van der Waals surface area contributed by atoms with Crippen molar-refractivity contribution in [3.05, 3.63) is 28.8 Å². The Kier molecular flexibility index (Phi) is 4.18. The summed E-state index contributed by atoms with van der Waals surface area (Å²) >= 11 is 6.06. The first-order chi connectivity index (χ1) is 8.57. The van der Waals surface area contributed by atoms with Crippen LogP contribution < -0.4 is 10.5 Å². The number of hydrogen-bond acceptors (Lipinski definition) is 2. The number of benzene rings is 1. The van der Waals surface area contributed by atoms with Crippen molar-refractivity contribution in [1.29, 1.82) is 0 Å². The molecule has 0 spiro atoms. The molecule has 2 rings (SSSR count). The molecule has 0 aliphatic heterocycles. The van der Waals surface area contributed by atoms with Crippen LogP contribution in [0.25, 0.3) is 0 Å². The highest BCUT2D eigenvalue weighted by atomic mass is 35.5. The van der Waals surface area contributed by atoms with E-state index in [-0.39, 0.29) is 11.5 Å². The van der Waals surface area contributed by atoms with Crippen molar-refractivity contribution in [3.63, 3.8) is 0 Å². The van der Waals surface area contributed by atoms with Crippen molar-refractivity contribution >= 4 is 11.6 Å². The van der Waals surface area contributed by atoms with E-state index >= 15 is 0 Å². The van der Waals surface area contributed by atoms with Gasteiger partial charge < -0.3 is 10.5 Å². The van der Waals surface area contributed by atoms with Gasteiger partial charge in [0.05, 0.1) is 12.1 Å². The van der Waals surface area contributed by atoms with Crippen LogP contribution in [-0.2, 0) is 0 Å². The maximum absolute atomic E-state index is 6.48. The third-order valence-electron chi connectivity index (χ3n) is 4.28. The first kappa shape index (κ1) is 13.7. The van der Waals surface area contributed by atoms with Gasteiger partial charge in [0.2, 0.25) is 0 Å². The molecule has 0 aromatic heterocycles. The Balaban J connectivity index is 2.24. The SMILES string of the molecule is COc1cc(C(N)C2(C)CCCCC2)ccc1Cl. The van der Waals surface area contributed by atoms with Crippen LogP contribution >= 0.6 is 11.6 Å². The zero-order chi connectivity index (χ0) is 13.2. The second-order valence-corrected chi connectivity index (χ2v) is 5.99. The van der Waals surface area contributed by atoms with Gasteiger partial charge in [0.15, 0.2) is 0 Å². The Bertz CT molecular complexity index is 413. The van der Waals surface area contributed by atoms with Gasteiger partial charge in [-0.3, -0.25) is 0 Å². The molecular weight excluding hydrogens is 246 g/mol. The third-order valence-corrected chi connectivity index (χ3v) is 4.59. The van der Waals surface area contributed by atoms with Gasteiger partial charge in [0, 0.05) is 6.04 Å². The number of hydrogen-bond donors (Lipinski definition) is 1. The van der Waals surface area contributed by atoms with Gasteiger partial charge in [-0.05, 0) is 36.0 Å². The predicted molar refractivity (Wildman–Crippen MR) is 76.1 cm³/mol. The minimum atomic E-state index is 0.0592. The van der Waals surface area contributed by atoms with Crippen molar-refractivity contribution in [3.8, 4) is 5.75 Å². The van der Waals surface area contributed by atoms with Crippen LogP contribution in [0.2, 0.25) is 5.02 Å². The molecule has 1 aliphatic carbocycles. The molecule has 0 radical (unpaired) electrons. The van der Waals surface area contributed by atoms with Crippen LogP contribution in [0.4, 0.5) is 0 Å². The van der Waals surface area contributed by atoms with Crippen LogP contribution in [0.1, 0.15) is 50.6 Å². The molecule has 0 amide bonds. The Labute approximate surface area is 114 Å². The molecule has 1 aromatic rings. The molecule has 18 heavy (non-hydrogen) atoms. The Morgan fingerprint density at radius 1 is 1.28 bits per heavy atom. The van der Waals surface area contributed by atoms with Gasteiger partial charge in [0.25, 0.3) is 0 Å². The van der Waals surface area contributed by atoms with Crippen molar-refractivity contribution in [2.75, 3.05) is 7.11 Å². The normalized spacial score (nSPS) is 20.4. The quantitative estimate of drug-likeness (QED) is 0.885. The van der Waals surface area contributed by atoms with Crippen LogP contribution in [0.3, 0.4) is 0 Å². The number of halogens is 1. The summed E-state index contributed by atoms with van der Waals surface area (Å²) in [4.78, 5) is 0. The standard InChI is InChI=1S/C15H22ClNO/c1-15(8-4-3-5-9-15)14(17)11-6-7-12(16)13(10-11)18-2/h6-7,10,14H,3-5,8-9,17H2,1-2H3. The molecule has 1 fully saturated rings. The minimum Gasteiger partial charge on any atom is -0.495 e. The highest BCUT2D eigenvalue weighted by molar-refractivity contribution is 6.32. The maximum atomic E-state index is 6.48. The van der Waals surface area contributed by atoms with Gasteiger partial charge >= 0.3 is 0 Å². The van der Waals surface area contributed by atoms with E-state index in [0.29, 0.717) is 10.8 Å². The summed E-state index contributed by atoms with van der Waals surface area (Å²) in [6.07, 6.45) is 6.33. The molecule has 1 saturated carbocycles. The van der Waals surface area contributed by atoms with E-state index in [1.165, 1.54) is 32.1 Å². The molecule has 1 aromatic carbocycles. The average molecular weight is 268 g/mol. The summed E-state index contributed by atoms with van der Waals surface area (Å²) in [6.45, 7) is 2.30. The topological polar surface area (TPSA) is 35.2 Å². The van der Waals surface area contributed by atoms with Gasteiger partial charge in [-0.1, -0.05) is 43.9 Å². The molecule has 0 saturated heterocycles. The second kappa shape index (κ2) is 5.50. The van der Waals surface area contributed by atoms with E-state index in [2.05, 4.69) is 6.92 Å². The summed E-state index contributed by atoms with van der Waals surface area (Å²) in [6, 6.07) is 5.94. The summed E-state index contributed by atoms with van der Waals surface area (Å²) in [5.74, 6) is 0.712. The molecule has 100 valence electrons. The molecule has 3 heteroatoms. The Morgan fingerprint density at radius 2 is 1.94 bits per heavy atom. The summed E-state index contributed by atoms with van der Waals surface area (Å²) < 4.78 is 5.27. The third kappa shape index (κ3) is 2.65. The molecule has 0 heterocycles. The van der Waals surface area contributed by atoms with Crippen LogP contribution in [0.15, 0.2) is 18.2 Å². The van der Waals surface area contributed by atoms with E-state index in [9.17, 15) is 0 Å². The van der Waals surface area contributed by atoms with E-state index in [0.717, 1.165) is 5.56 Å². The monoisotopic (exact) mass is 267 g/mol. The van der Waals surface area contributed by atoms with Crippen molar-refractivity contribution in [2.24, 2.45) is 11.1 Å². The lowest BCUT2D eigenvalue weighted by atomic mass is 9.69. The van der Waals surface area contributed by atoms with Crippen molar-refractivity contribution < 1.29 is 4.74 Å². The maximum Gasteiger partial charge on any atom is 0.137 e. The van der Waals surface area contributed by atoms with E-state index in [1.54, 1.807) is 7.11 Å². The first-order valence-electron chi connectivity index (χ1n) is 6.66. The molecule has 0 bridgehead atoms. The van der Waals surface area contributed by atoms with Gasteiger partial charge in [-0.25, -0.2) is 0 Å². The number of nitrogens with two attached hydrogens (primary N) is 1. The minimum absolute atomic E-state index is 0.0592. The average Bonchev–Trinajstić information content (AvgIpc) is 2.39. The van der Waals surface area contributed by atoms with E-state index < -0.39 is 0 Å². The summed E-state index contributed by atoms with van der Waals surface area (Å²) in [5.41, 5.74) is 7.81. The Hall–Kier alpha value is -0.730. The number of methoxy groups -OCH3 is 1. The number of rotatable bonds is 3. The summed E-state index contributed by atoms with van der Waals surface area (Å²) in [7, 11) is 1.64. The van der Waals surface area contributed by atoms with Gasteiger partial charge in [0.1, 0.15) is 5.75 Å². The zero-order valence-corrected chi connectivity index (χ0v) is 12.0. The van der Waals surface area contributed by atoms with Gasteiger partial charge in [-0.15, -0.1) is 0 Å². The van der Waals surface area contributed by atoms with Crippen LogP contribution in [0.5, 0.6) is 5.75 Å². The predicted octanol–water partition coefficient (Wildman–Crippen LogP) is 4.32. The number of ether oxygens (including phenoxy) is 1. The lowest BCUT2D eigenvalue weighted by Crippen LogP contribution is -2.33. The molecule has 1 aliphatic rings. The zero-order valence-electron chi connectivity index (χ0n) is 11.2. The lowest BCUT2D eigenvalue weighted by molar-refractivity contribution is 0.170. The van der Waals surface area contributed by atoms with E-state index in [4.69, 9.17) is 22.1 Å². The molecule has 1 atom stereocenters. The molecule has 2 N–H and O–H groups in total. The van der Waals surface area contributed by atoms with E-state index in [1.807, 2.05) is 18.2 Å².